The fourth-order valence-corrected chi connectivity index (χ4v) is 3.00. The van der Waals surface area contributed by atoms with Crippen molar-refractivity contribution in [3.63, 3.8) is 0 Å². The van der Waals surface area contributed by atoms with Gasteiger partial charge in [-0.2, -0.15) is 5.10 Å². The number of nitrogens with two attached hydrogens (primary N) is 1. The van der Waals surface area contributed by atoms with E-state index in [2.05, 4.69) is 14.9 Å². The lowest BCUT2D eigenvalue weighted by atomic mass is 10.2. The lowest BCUT2D eigenvalue weighted by molar-refractivity contribution is 0.599. The zero-order chi connectivity index (χ0) is 14.9. The Balaban J connectivity index is 2.37. The van der Waals surface area contributed by atoms with Crippen LogP contribution in [0.4, 0.5) is 15.9 Å². The highest BCUT2D eigenvalue weighted by molar-refractivity contribution is 7.92. The van der Waals surface area contributed by atoms with Crippen LogP contribution in [-0.4, -0.2) is 18.6 Å². The molecule has 0 aliphatic carbocycles. The van der Waals surface area contributed by atoms with Crippen LogP contribution in [0.5, 0.6) is 0 Å². The second kappa shape index (κ2) is 5.12. The molecule has 2 rings (SSSR count). The number of anilines is 2. The first-order chi connectivity index (χ1) is 9.33. The van der Waals surface area contributed by atoms with Gasteiger partial charge in [0.1, 0.15) is 5.82 Å². The summed E-state index contributed by atoms with van der Waals surface area (Å²) in [7, 11) is -3.86. The maximum absolute atomic E-state index is 13.3. The SMILES string of the molecule is CCc1cc(NS(=O)(=O)c2cc(N)c(F)cc2C)n[nH]1. The van der Waals surface area contributed by atoms with E-state index >= 15 is 0 Å². The van der Waals surface area contributed by atoms with E-state index in [0.717, 1.165) is 17.8 Å². The van der Waals surface area contributed by atoms with Gasteiger partial charge in [-0.25, -0.2) is 12.8 Å². The third kappa shape index (κ3) is 2.74. The minimum Gasteiger partial charge on any atom is -0.396 e. The predicted octanol–water partition coefficient (Wildman–Crippen LogP) is 1.80. The third-order valence-corrected chi connectivity index (χ3v) is 4.33. The Morgan fingerprint density at radius 2 is 2.10 bits per heavy atom. The van der Waals surface area contributed by atoms with E-state index in [1.165, 1.54) is 6.92 Å². The summed E-state index contributed by atoms with van der Waals surface area (Å²) in [6.07, 6.45) is 0.706. The maximum atomic E-state index is 13.3. The molecule has 6 nitrogen and oxygen atoms in total. The van der Waals surface area contributed by atoms with E-state index in [-0.39, 0.29) is 22.0 Å². The Kier molecular flexibility index (Phi) is 3.67. The summed E-state index contributed by atoms with van der Waals surface area (Å²) in [6.45, 7) is 3.41. The average Bonchev–Trinajstić information content (AvgIpc) is 2.80. The third-order valence-electron chi connectivity index (χ3n) is 2.83. The largest absolute Gasteiger partial charge is 0.396 e. The van der Waals surface area contributed by atoms with Crippen molar-refractivity contribution < 1.29 is 12.8 Å². The van der Waals surface area contributed by atoms with Crippen molar-refractivity contribution in [2.24, 2.45) is 0 Å². The molecule has 0 spiro atoms. The number of halogens is 1. The molecule has 0 aliphatic rings. The molecule has 0 fully saturated rings. The van der Waals surface area contributed by atoms with Crippen molar-refractivity contribution >= 4 is 21.5 Å². The molecule has 0 bridgehead atoms. The second-order valence-corrected chi connectivity index (χ2v) is 6.03. The number of nitrogens with zero attached hydrogens (tertiary/aromatic N) is 1. The van der Waals surface area contributed by atoms with Gasteiger partial charge in [-0.1, -0.05) is 6.92 Å². The number of rotatable bonds is 4. The molecule has 4 N–H and O–H groups in total. The Hall–Kier alpha value is -2.09. The summed E-state index contributed by atoms with van der Waals surface area (Å²) in [6, 6.07) is 3.78. The Labute approximate surface area is 116 Å². The van der Waals surface area contributed by atoms with Gasteiger partial charge in [0.15, 0.2) is 5.82 Å². The highest BCUT2D eigenvalue weighted by atomic mass is 32.2. The molecule has 2 aromatic rings. The van der Waals surface area contributed by atoms with Crippen molar-refractivity contribution in [1.82, 2.24) is 10.2 Å². The minimum atomic E-state index is -3.86. The van der Waals surface area contributed by atoms with Crippen LogP contribution in [0.2, 0.25) is 0 Å². The number of aromatic amines is 1. The van der Waals surface area contributed by atoms with Gasteiger partial charge < -0.3 is 5.73 Å². The molecular weight excluding hydrogens is 283 g/mol. The highest BCUT2D eigenvalue weighted by Gasteiger charge is 2.20. The molecule has 0 amide bonds. The van der Waals surface area contributed by atoms with Crippen molar-refractivity contribution in [3.05, 3.63) is 35.3 Å². The van der Waals surface area contributed by atoms with E-state index in [1.54, 1.807) is 6.07 Å². The summed E-state index contributed by atoms with van der Waals surface area (Å²) < 4.78 is 40.1. The molecule has 0 saturated heterocycles. The summed E-state index contributed by atoms with van der Waals surface area (Å²) in [5, 5.41) is 6.55. The first-order valence-electron chi connectivity index (χ1n) is 5.96. The molecule has 8 heteroatoms. The number of sulfonamides is 1. The van der Waals surface area contributed by atoms with Crippen LogP contribution in [-0.2, 0) is 16.4 Å². The topological polar surface area (TPSA) is 101 Å². The summed E-state index contributed by atoms with van der Waals surface area (Å²) >= 11 is 0. The lowest BCUT2D eigenvalue weighted by Gasteiger charge is -2.09. The number of nitrogen functional groups attached to an aromatic ring is 1. The molecule has 1 aromatic heterocycles. The number of hydrogen-bond acceptors (Lipinski definition) is 4. The number of benzene rings is 1. The van der Waals surface area contributed by atoms with Crippen LogP contribution in [0.25, 0.3) is 0 Å². The summed E-state index contributed by atoms with van der Waals surface area (Å²) in [5.74, 6) is -0.460. The Morgan fingerprint density at radius 1 is 1.40 bits per heavy atom. The normalized spacial score (nSPS) is 11.6. The average molecular weight is 298 g/mol. The first-order valence-corrected chi connectivity index (χ1v) is 7.44. The van der Waals surface area contributed by atoms with Crippen LogP contribution in [0, 0.1) is 12.7 Å². The molecule has 108 valence electrons. The molecule has 0 radical (unpaired) electrons. The molecule has 0 aliphatic heterocycles. The fraction of sp³-hybridized carbons (Fsp3) is 0.250. The van der Waals surface area contributed by atoms with Gasteiger partial charge in [0.25, 0.3) is 10.0 Å². The van der Waals surface area contributed by atoms with E-state index in [4.69, 9.17) is 5.73 Å². The minimum absolute atomic E-state index is 0.0718. The van der Waals surface area contributed by atoms with Gasteiger partial charge in [-0.05, 0) is 31.0 Å². The van der Waals surface area contributed by atoms with Gasteiger partial charge in [0.2, 0.25) is 0 Å². The number of nitrogens with one attached hydrogen (secondary N) is 2. The molecular formula is C12H15FN4O2S. The van der Waals surface area contributed by atoms with Crippen molar-refractivity contribution in [2.45, 2.75) is 25.2 Å². The van der Waals surface area contributed by atoms with Crippen LogP contribution in [0.3, 0.4) is 0 Å². The maximum Gasteiger partial charge on any atom is 0.263 e. The Morgan fingerprint density at radius 3 is 2.70 bits per heavy atom. The van der Waals surface area contributed by atoms with Crippen molar-refractivity contribution in [3.8, 4) is 0 Å². The zero-order valence-electron chi connectivity index (χ0n) is 11.1. The zero-order valence-corrected chi connectivity index (χ0v) is 11.9. The van der Waals surface area contributed by atoms with E-state index in [1.807, 2.05) is 6.92 Å². The molecule has 1 aromatic carbocycles. The number of aryl methyl sites for hydroxylation is 2. The quantitative estimate of drug-likeness (QED) is 0.749. The number of hydrogen-bond donors (Lipinski definition) is 3. The monoisotopic (exact) mass is 298 g/mol. The second-order valence-electron chi connectivity index (χ2n) is 4.38. The summed E-state index contributed by atoms with van der Waals surface area (Å²) in [5.41, 5.74) is 6.28. The van der Waals surface area contributed by atoms with Crippen LogP contribution >= 0.6 is 0 Å². The standard InChI is InChI=1S/C12H15FN4O2S/c1-3-8-5-12(16-15-8)17-20(18,19)11-6-10(14)9(13)4-7(11)2/h4-6H,3,14H2,1-2H3,(H2,15,16,17). The van der Waals surface area contributed by atoms with E-state index in [9.17, 15) is 12.8 Å². The van der Waals surface area contributed by atoms with Gasteiger partial charge >= 0.3 is 0 Å². The van der Waals surface area contributed by atoms with Crippen LogP contribution < -0.4 is 10.5 Å². The fourth-order valence-electron chi connectivity index (χ4n) is 1.75. The van der Waals surface area contributed by atoms with Crippen LogP contribution in [0.1, 0.15) is 18.2 Å². The van der Waals surface area contributed by atoms with Gasteiger partial charge in [0, 0.05) is 11.8 Å². The molecule has 0 unspecified atom stereocenters. The molecule has 20 heavy (non-hydrogen) atoms. The van der Waals surface area contributed by atoms with Crippen molar-refractivity contribution in [2.75, 3.05) is 10.5 Å². The number of aromatic nitrogens is 2. The van der Waals surface area contributed by atoms with E-state index < -0.39 is 15.8 Å². The van der Waals surface area contributed by atoms with Gasteiger partial charge in [-0.15, -0.1) is 0 Å². The lowest BCUT2D eigenvalue weighted by Crippen LogP contribution is -2.15. The Bertz CT molecular complexity index is 740. The van der Waals surface area contributed by atoms with Crippen LogP contribution in [0.15, 0.2) is 23.1 Å². The highest BCUT2D eigenvalue weighted by Crippen LogP contribution is 2.23. The molecule has 0 saturated carbocycles. The van der Waals surface area contributed by atoms with Crippen molar-refractivity contribution in [1.29, 1.82) is 0 Å². The number of H-pyrrole nitrogens is 1. The van der Waals surface area contributed by atoms with Gasteiger partial charge in [-0.3, -0.25) is 9.82 Å². The van der Waals surface area contributed by atoms with Gasteiger partial charge in [0.05, 0.1) is 10.6 Å². The first kappa shape index (κ1) is 14.3. The molecule has 1 heterocycles. The van der Waals surface area contributed by atoms with E-state index in [0.29, 0.717) is 6.42 Å². The summed E-state index contributed by atoms with van der Waals surface area (Å²) in [4.78, 5) is -0.0718. The molecule has 0 atom stereocenters. The predicted molar refractivity (Wildman–Crippen MR) is 74.3 cm³/mol. The smallest absolute Gasteiger partial charge is 0.263 e.